The van der Waals surface area contributed by atoms with Gasteiger partial charge in [0.05, 0.1) is 4.91 Å². The van der Waals surface area contributed by atoms with E-state index in [4.69, 9.17) is 17.0 Å². The Morgan fingerprint density at radius 1 is 0.919 bits per heavy atom. The first kappa shape index (κ1) is 25.9. The summed E-state index contributed by atoms with van der Waals surface area (Å²) in [5.41, 5.74) is 7.05. The number of hydrazine groups is 1. The molecule has 0 spiro atoms. The van der Waals surface area contributed by atoms with Crippen molar-refractivity contribution < 1.29 is 19.1 Å². The van der Waals surface area contributed by atoms with Crippen molar-refractivity contribution in [3.63, 3.8) is 0 Å². The zero-order valence-electron chi connectivity index (χ0n) is 19.6. The summed E-state index contributed by atoms with van der Waals surface area (Å²) in [7, 11) is 0. The van der Waals surface area contributed by atoms with Crippen molar-refractivity contribution in [3.8, 4) is 5.75 Å². The molecule has 1 aliphatic heterocycles. The highest BCUT2D eigenvalue weighted by Gasteiger charge is 2.33. The van der Waals surface area contributed by atoms with Crippen LogP contribution < -0.4 is 15.6 Å². The maximum absolute atomic E-state index is 12.7. The molecule has 186 valence electrons. The van der Waals surface area contributed by atoms with Gasteiger partial charge in [0.15, 0.2) is 0 Å². The van der Waals surface area contributed by atoms with Gasteiger partial charge < -0.3 is 4.74 Å². The number of nitrogens with zero attached hydrogens (tertiary/aromatic N) is 1. The summed E-state index contributed by atoms with van der Waals surface area (Å²) in [4.78, 5) is 39.0. The van der Waals surface area contributed by atoms with E-state index in [-0.39, 0.29) is 16.8 Å². The zero-order valence-corrected chi connectivity index (χ0v) is 21.3. The Morgan fingerprint density at radius 2 is 1.59 bits per heavy atom. The lowest BCUT2D eigenvalue weighted by Crippen LogP contribution is -2.47. The van der Waals surface area contributed by atoms with Crippen LogP contribution in [0.5, 0.6) is 5.75 Å². The van der Waals surface area contributed by atoms with Gasteiger partial charge in [-0.2, -0.15) is 0 Å². The van der Waals surface area contributed by atoms with Gasteiger partial charge in [-0.3, -0.25) is 30.1 Å². The second-order valence-electron chi connectivity index (χ2n) is 7.86. The van der Waals surface area contributed by atoms with Crippen LogP contribution in [0, 0.1) is 0 Å². The Labute approximate surface area is 224 Å². The molecule has 3 aromatic rings. The molecule has 7 nitrogen and oxygen atoms in total. The summed E-state index contributed by atoms with van der Waals surface area (Å²) < 4.78 is 5.99. The molecule has 3 amide bonds. The van der Waals surface area contributed by atoms with Gasteiger partial charge >= 0.3 is 0 Å². The minimum absolute atomic E-state index is 0.275. The van der Waals surface area contributed by atoms with E-state index in [2.05, 4.69) is 10.9 Å². The molecular formula is C28H23N3O4S2. The number of benzene rings is 3. The maximum Gasteiger partial charge on any atom is 0.269 e. The van der Waals surface area contributed by atoms with Gasteiger partial charge in [-0.1, -0.05) is 96.8 Å². The molecule has 1 saturated heterocycles. The Kier molecular flexibility index (Phi) is 8.85. The van der Waals surface area contributed by atoms with Gasteiger partial charge in [-0.25, -0.2) is 0 Å². The van der Waals surface area contributed by atoms with Crippen molar-refractivity contribution in [2.45, 2.75) is 6.61 Å². The summed E-state index contributed by atoms with van der Waals surface area (Å²) >= 11 is 6.38. The summed E-state index contributed by atoms with van der Waals surface area (Å²) in [6, 6.07) is 26.0. The molecule has 37 heavy (non-hydrogen) atoms. The first-order valence-corrected chi connectivity index (χ1v) is 12.5. The van der Waals surface area contributed by atoms with E-state index >= 15 is 0 Å². The first-order valence-electron chi connectivity index (χ1n) is 11.3. The molecule has 1 aliphatic rings. The van der Waals surface area contributed by atoms with E-state index in [1.807, 2.05) is 66.7 Å². The molecular weight excluding hydrogens is 506 g/mol. The molecule has 0 atom stereocenters. The third kappa shape index (κ3) is 7.39. The van der Waals surface area contributed by atoms with Gasteiger partial charge in [0, 0.05) is 5.56 Å². The number of thiocarbonyl (C=S) groups is 1. The molecule has 0 unspecified atom stereocenters. The fourth-order valence-corrected chi connectivity index (χ4v) is 4.49. The second-order valence-corrected chi connectivity index (χ2v) is 9.54. The van der Waals surface area contributed by atoms with Crippen molar-refractivity contribution >= 4 is 52.1 Å². The average Bonchev–Trinajstić information content (AvgIpc) is 3.19. The summed E-state index contributed by atoms with van der Waals surface area (Å²) in [5, 5.41) is 0. The number of ether oxygens (including phenoxy) is 1. The topological polar surface area (TPSA) is 87.7 Å². The molecule has 4 rings (SSSR count). The lowest BCUT2D eigenvalue weighted by atomic mass is 10.2. The van der Waals surface area contributed by atoms with Gasteiger partial charge in [-0.05, 0) is 41.5 Å². The van der Waals surface area contributed by atoms with E-state index in [0.29, 0.717) is 22.8 Å². The number of rotatable bonds is 8. The van der Waals surface area contributed by atoms with Crippen molar-refractivity contribution in [1.82, 2.24) is 15.8 Å². The van der Waals surface area contributed by atoms with Gasteiger partial charge in [0.25, 0.3) is 17.7 Å². The predicted molar refractivity (Wildman–Crippen MR) is 148 cm³/mol. The third-order valence-corrected chi connectivity index (χ3v) is 6.59. The maximum atomic E-state index is 12.7. The minimum Gasteiger partial charge on any atom is -0.489 e. The fraction of sp³-hybridized carbons (Fsp3) is 0.0714. The van der Waals surface area contributed by atoms with Crippen molar-refractivity contribution in [2.24, 2.45) is 0 Å². The van der Waals surface area contributed by atoms with E-state index < -0.39 is 11.8 Å². The molecule has 0 aromatic heterocycles. The van der Waals surface area contributed by atoms with Crippen LogP contribution in [0.15, 0.2) is 102 Å². The summed E-state index contributed by atoms with van der Waals surface area (Å²) in [5.74, 6) is -0.821. The normalized spacial score (nSPS) is 14.3. The summed E-state index contributed by atoms with van der Waals surface area (Å²) in [6.45, 7) is 0.106. The molecule has 1 fully saturated rings. The van der Waals surface area contributed by atoms with Crippen LogP contribution in [-0.2, 0) is 16.2 Å². The van der Waals surface area contributed by atoms with E-state index in [1.165, 1.54) is 4.90 Å². The average molecular weight is 530 g/mol. The van der Waals surface area contributed by atoms with Crippen LogP contribution in [-0.4, -0.2) is 33.5 Å². The number of hydrogen-bond acceptors (Lipinski definition) is 6. The van der Waals surface area contributed by atoms with Crippen LogP contribution in [0.25, 0.3) is 6.08 Å². The Bertz CT molecular complexity index is 1340. The number of amides is 3. The highest BCUT2D eigenvalue weighted by Crippen LogP contribution is 2.30. The van der Waals surface area contributed by atoms with Crippen LogP contribution in [0.3, 0.4) is 0 Å². The van der Waals surface area contributed by atoms with Crippen LogP contribution in [0.1, 0.15) is 21.5 Å². The molecule has 9 heteroatoms. The van der Waals surface area contributed by atoms with E-state index in [9.17, 15) is 14.4 Å². The number of nitrogens with one attached hydrogen (secondary N) is 2. The lowest BCUT2D eigenvalue weighted by molar-refractivity contribution is -0.129. The molecule has 0 bridgehead atoms. The monoisotopic (exact) mass is 529 g/mol. The fourth-order valence-electron chi connectivity index (χ4n) is 3.29. The quantitative estimate of drug-likeness (QED) is 0.254. The van der Waals surface area contributed by atoms with E-state index in [1.54, 1.807) is 36.4 Å². The van der Waals surface area contributed by atoms with Crippen molar-refractivity contribution in [2.75, 3.05) is 6.54 Å². The molecule has 2 N–H and O–H groups in total. The zero-order chi connectivity index (χ0) is 26.0. The number of carbonyl (C=O) groups is 3. The van der Waals surface area contributed by atoms with Gasteiger partial charge in [0.1, 0.15) is 23.2 Å². The highest BCUT2D eigenvalue weighted by molar-refractivity contribution is 8.26. The summed E-state index contributed by atoms with van der Waals surface area (Å²) in [6.07, 6.45) is 5.30. The molecule has 3 aromatic carbocycles. The van der Waals surface area contributed by atoms with Crippen LogP contribution >= 0.6 is 24.0 Å². The first-order chi connectivity index (χ1) is 18.0. The number of carbonyl (C=O) groups excluding carboxylic acids is 3. The number of hydrogen-bond donors (Lipinski definition) is 2. The van der Waals surface area contributed by atoms with Crippen molar-refractivity contribution in [1.29, 1.82) is 0 Å². The van der Waals surface area contributed by atoms with E-state index in [0.717, 1.165) is 22.9 Å². The Hall–Kier alpha value is -4.21. The molecule has 1 heterocycles. The number of allylic oxidation sites excluding steroid dienone is 2. The molecule has 0 radical (unpaired) electrons. The third-order valence-electron chi connectivity index (χ3n) is 5.19. The largest absolute Gasteiger partial charge is 0.489 e. The van der Waals surface area contributed by atoms with Gasteiger partial charge in [0.2, 0.25) is 0 Å². The number of thioether (sulfide) groups is 1. The minimum atomic E-state index is -0.575. The van der Waals surface area contributed by atoms with Crippen LogP contribution in [0.2, 0.25) is 0 Å². The SMILES string of the molecule is O=C(CN1C(=O)C(=CC=Cc2ccccc2)SC1=S)NNC(=O)c1ccc(OCc2ccccc2)cc1. The predicted octanol–water partition coefficient (Wildman–Crippen LogP) is 4.48. The Balaban J connectivity index is 1.24. The lowest BCUT2D eigenvalue weighted by Gasteiger charge is -2.14. The molecule has 0 saturated carbocycles. The standard InChI is InChI=1S/C28H23N3O4S2/c32-25(18-31-27(34)24(37-28(31)36)13-7-12-20-8-3-1-4-9-20)29-30-26(33)22-14-16-23(17-15-22)35-19-21-10-5-2-6-11-21/h1-17H,18-19H2,(H,29,32)(H,30,33). The van der Waals surface area contributed by atoms with Crippen LogP contribution in [0.4, 0.5) is 0 Å². The Morgan fingerprint density at radius 3 is 2.30 bits per heavy atom. The second kappa shape index (κ2) is 12.7. The molecule has 0 aliphatic carbocycles. The highest BCUT2D eigenvalue weighted by atomic mass is 32.2. The van der Waals surface area contributed by atoms with Crippen molar-refractivity contribution in [3.05, 3.63) is 119 Å². The van der Waals surface area contributed by atoms with Gasteiger partial charge in [-0.15, -0.1) is 0 Å². The smallest absolute Gasteiger partial charge is 0.269 e.